The van der Waals surface area contributed by atoms with Crippen LogP contribution in [0.4, 0.5) is 0 Å². The normalized spacial score (nSPS) is 12.0. The molecule has 0 atom stereocenters. The Labute approximate surface area is 59.6 Å². The van der Waals surface area contributed by atoms with Crippen LogP contribution < -0.4 is 5.09 Å². The molecule has 0 spiro atoms. The first kappa shape index (κ1) is 9.39. The zero-order valence-corrected chi connectivity index (χ0v) is 7.96. The number of nitrogens with one attached hydrogen (secondary N) is 1. The van der Waals surface area contributed by atoms with E-state index in [0.29, 0.717) is 0 Å². The van der Waals surface area contributed by atoms with Gasteiger partial charge in [0.2, 0.25) is 0 Å². The Balaban J connectivity index is 3.07. The van der Waals surface area contributed by atoms with E-state index in [4.69, 9.17) is 0 Å². The van der Waals surface area contributed by atoms with Crippen molar-refractivity contribution in [3.8, 4) is 0 Å². The van der Waals surface area contributed by atoms with E-state index in [-0.39, 0.29) is 0 Å². The van der Waals surface area contributed by atoms with E-state index in [2.05, 4.69) is 32.0 Å². The van der Waals surface area contributed by atoms with Crippen LogP contribution in [0.1, 0.15) is 19.8 Å². The van der Waals surface area contributed by atoms with Crippen molar-refractivity contribution in [1.82, 2.24) is 5.09 Å². The van der Waals surface area contributed by atoms with Gasteiger partial charge in [-0.05, 0) is 6.42 Å². The van der Waals surface area contributed by atoms with Gasteiger partial charge in [0.05, 0.1) is 27.4 Å². The van der Waals surface area contributed by atoms with E-state index in [1.807, 2.05) is 0 Å². The quantitative estimate of drug-likeness (QED) is 0.476. The van der Waals surface area contributed by atoms with Crippen molar-refractivity contribution in [2.75, 3.05) is 26.5 Å². The van der Waals surface area contributed by atoms with Gasteiger partial charge in [-0.25, -0.2) is 0 Å². The number of rotatable bonds is 4. The van der Waals surface area contributed by atoms with Crippen LogP contribution in [0.3, 0.4) is 0 Å². The molecule has 0 saturated heterocycles. The second kappa shape index (κ2) is 4.24. The van der Waals surface area contributed by atoms with Crippen LogP contribution in [0, 0.1) is 0 Å². The largest absolute Gasteiger partial charge is 0.193 e. The summed E-state index contributed by atoms with van der Waals surface area (Å²) in [5.41, 5.74) is 0. The zero-order chi connectivity index (χ0) is 7.33. The molecule has 0 aliphatic carbocycles. The first-order chi connectivity index (χ1) is 4.06. The molecule has 56 valence electrons. The minimum atomic E-state index is -0.695. The van der Waals surface area contributed by atoms with E-state index in [1.165, 1.54) is 19.4 Å². The monoisotopic (exact) mass is 148 g/mol. The van der Waals surface area contributed by atoms with Gasteiger partial charge in [0.25, 0.3) is 0 Å². The minimum absolute atomic E-state index is 0.695. The molecule has 1 nitrogen and oxygen atoms in total. The van der Waals surface area contributed by atoms with Crippen LogP contribution in [0.25, 0.3) is 0 Å². The van der Waals surface area contributed by atoms with Crippen LogP contribution in [-0.2, 0) is 0 Å². The van der Waals surface area contributed by atoms with Gasteiger partial charge >= 0.3 is 0 Å². The molecular formula is C7H19NP+. The van der Waals surface area contributed by atoms with E-state index < -0.39 is 7.41 Å². The van der Waals surface area contributed by atoms with Crippen molar-refractivity contribution in [1.29, 1.82) is 0 Å². The summed E-state index contributed by atoms with van der Waals surface area (Å²) in [6.45, 7) is 10.4. The smallest absolute Gasteiger partial charge is 0.0709 e. The summed E-state index contributed by atoms with van der Waals surface area (Å²) in [5, 5.41) is 3.53. The maximum absolute atomic E-state index is 3.53. The second-order valence-corrected chi connectivity index (χ2v) is 7.62. The van der Waals surface area contributed by atoms with E-state index >= 15 is 0 Å². The minimum Gasteiger partial charge on any atom is -0.193 e. The van der Waals surface area contributed by atoms with Gasteiger partial charge in [0.15, 0.2) is 0 Å². The van der Waals surface area contributed by atoms with Crippen LogP contribution in [0.2, 0.25) is 0 Å². The van der Waals surface area contributed by atoms with Crippen molar-refractivity contribution in [3.63, 3.8) is 0 Å². The van der Waals surface area contributed by atoms with Gasteiger partial charge in [-0.3, -0.25) is 0 Å². The highest BCUT2D eigenvalue weighted by Gasteiger charge is 2.13. The summed E-state index contributed by atoms with van der Waals surface area (Å²) in [6.07, 6.45) is 2.62. The molecule has 0 unspecified atom stereocenters. The van der Waals surface area contributed by atoms with Crippen LogP contribution >= 0.6 is 7.41 Å². The lowest BCUT2D eigenvalue weighted by Crippen LogP contribution is -2.14. The third-order valence-corrected chi connectivity index (χ3v) is 2.29. The molecule has 9 heavy (non-hydrogen) atoms. The Morgan fingerprint density at radius 1 is 1.22 bits per heavy atom. The van der Waals surface area contributed by atoms with Crippen LogP contribution in [0.5, 0.6) is 0 Å². The lowest BCUT2D eigenvalue weighted by molar-refractivity contribution is 0.768. The number of hydrogen-bond acceptors (Lipinski definition) is 1. The lowest BCUT2D eigenvalue weighted by atomic mass is 10.3. The Kier molecular flexibility index (Phi) is 4.43. The second-order valence-electron chi connectivity index (χ2n) is 3.27. The standard InChI is InChI=1S/C7H19NP/c1-5-6-7-8-9(2,3)4/h8H,5-7H2,1-4H3/q+1. The molecule has 0 aromatic carbocycles. The summed E-state index contributed by atoms with van der Waals surface area (Å²) in [5.74, 6) is 0. The molecule has 0 amide bonds. The molecule has 0 bridgehead atoms. The maximum Gasteiger partial charge on any atom is 0.0709 e. The van der Waals surface area contributed by atoms with Gasteiger partial charge in [-0.1, -0.05) is 13.3 Å². The van der Waals surface area contributed by atoms with Gasteiger partial charge in [-0.2, -0.15) is 5.09 Å². The number of unbranched alkanes of at least 4 members (excludes halogenated alkanes) is 1. The number of hydrogen-bond donors (Lipinski definition) is 1. The van der Waals surface area contributed by atoms with Gasteiger partial charge in [0.1, 0.15) is 0 Å². The topological polar surface area (TPSA) is 12.0 Å². The summed E-state index contributed by atoms with van der Waals surface area (Å²) in [6, 6.07) is 0. The van der Waals surface area contributed by atoms with E-state index in [0.717, 1.165) is 0 Å². The fourth-order valence-electron chi connectivity index (χ4n) is 0.591. The van der Waals surface area contributed by atoms with Crippen LogP contribution in [0.15, 0.2) is 0 Å². The average Bonchev–Trinajstić information content (AvgIpc) is 1.63. The Morgan fingerprint density at radius 2 is 1.78 bits per heavy atom. The van der Waals surface area contributed by atoms with Crippen molar-refractivity contribution < 1.29 is 0 Å². The highest BCUT2D eigenvalue weighted by molar-refractivity contribution is 7.71. The first-order valence-corrected chi connectivity index (χ1v) is 6.76. The fraction of sp³-hybridized carbons (Fsp3) is 1.00. The Morgan fingerprint density at radius 3 is 2.11 bits per heavy atom. The van der Waals surface area contributed by atoms with E-state index in [9.17, 15) is 0 Å². The highest BCUT2D eigenvalue weighted by atomic mass is 31.2. The lowest BCUT2D eigenvalue weighted by Gasteiger charge is -2.11. The van der Waals surface area contributed by atoms with Gasteiger partial charge in [0, 0.05) is 6.54 Å². The Bertz CT molecular complexity index is 65.8. The molecular weight excluding hydrogens is 129 g/mol. The molecule has 0 saturated carbocycles. The SMILES string of the molecule is CCCCN[P+](C)(C)C. The maximum atomic E-state index is 3.53. The molecule has 1 N–H and O–H groups in total. The molecule has 2 heteroatoms. The average molecular weight is 148 g/mol. The van der Waals surface area contributed by atoms with Crippen molar-refractivity contribution in [2.24, 2.45) is 0 Å². The molecule has 0 aliphatic rings. The molecule has 0 heterocycles. The van der Waals surface area contributed by atoms with Crippen molar-refractivity contribution in [3.05, 3.63) is 0 Å². The predicted molar refractivity (Wildman–Crippen MR) is 47.6 cm³/mol. The van der Waals surface area contributed by atoms with Gasteiger partial charge in [-0.15, -0.1) is 0 Å². The van der Waals surface area contributed by atoms with Crippen molar-refractivity contribution in [2.45, 2.75) is 19.8 Å². The molecule has 0 rings (SSSR count). The molecule has 0 aromatic rings. The summed E-state index contributed by atoms with van der Waals surface area (Å²) >= 11 is 0. The molecule has 0 aromatic heterocycles. The summed E-state index contributed by atoms with van der Waals surface area (Å²) < 4.78 is 0. The predicted octanol–water partition coefficient (Wildman–Crippen LogP) is 2.20. The third kappa shape index (κ3) is 8.39. The fourth-order valence-corrected chi connectivity index (χ4v) is 1.42. The van der Waals surface area contributed by atoms with Gasteiger partial charge < -0.3 is 0 Å². The van der Waals surface area contributed by atoms with E-state index in [1.54, 1.807) is 0 Å². The molecule has 0 fully saturated rings. The summed E-state index contributed by atoms with van der Waals surface area (Å²) in [4.78, 5) is 0. The first-order valence-electron chi connectivity index (χ1n) is 3.63. The Hall–Kier alpha value is 0.390. The van der Waals surface area contributed by atoms with Crippen LogP contribution in [-0.4, -0.2) is 26.5 Å². The molecule has 0 aliphatic heterocycles. The summed E-state index contributed by atoms with van der Waals surface area (Å²) in [7, 11) is -0.695. The highest BCUT2D eigenvalue weighted by Crippen LogP contribution is 2.40. The van der Waals surface area contributed by atoms with Crippen molar-refractivity contribution >= 4 is 7.41 Å². The molecule has 0 radical (unpaired) electrons. The zero-order valence-electron chi connectivity index (χ0n) is 7.07. The third-order valence-electron chi connectivity index (χ3n) is 1.12.